The van der Waals surface area contributed by atoms with Gasteiger partial charge in [-0.05, 0) is 37.8 Å². The van der Waals surface area contributed by atoms with Crippen molar-refractivity contribution in [1.29, 1.82) is 0 Å². The molecule has 1 aromatic rings. The van der Waals surface area contributed by atoms with Gasteiger partial charge in [-0.25, -0.2) is 4.79 Å². The van der Waals surface area contributed by atoms with Crippen LogP contribution in [-0.4, -0.2) is 42.1 Å². The topological polar surface area (TPSA) is 95.9 Å². The fourth-order valence-corrected chi connectivity index (χ4v) is 3.16. The Balaban J connectivity index is 1.70. The summed E-state index contributed by atoms with van der Waals surface area (Å²) < 4.78 is 5.56. The molecule has 25 heavy (non-hydrogen) atoms. The largest absolute Gasteiger partial charge is 0.492 e. The van der Waals surface area contributed by atoms with E-state index in [1.165, 1.54) is 0 Å². The van der Waals surface area contributed by atoms with Gasteiger partial charge in [0.2, 0.25) is 11.8 Å². The van der Waals surface area contributed by atoms with Crippen LogP contribution in [0.1, 0.15) is 26.2 Å². The maximum atomic E-state index is 12.4. The van der Waals surface area contributed by atoms with Gasteiger partial charge in [-0.2, -0.15) is 0 Å². The van der Waals surface area contributed by atoms with Gasteiger partial charge in [-0.1, -0.05) is 12.1 Å². The maximum absolute atomic E-state index is 12.4. The highest BCUT2D eigenvalue weighted by molar-refractivity contribution is 6.01. The number of nitrogens with one attached hydrogen (secondary N) is 1. The van der Waals surface area contributed by atoms with E-state index in [1.54, 1.807) is 17.0 Å². The predicted octanol–water partition coefficient (Wildman–Crippen LogP) is 1.42. The Bertz CT molecular complexity index is 686. The van der Waals surface area contributed by atoms with E-state index in [0.717, 1.165) is 12.8 Å². The minimum atomic E-state index is -1.02. The lowest BCUT2D eigenvalue weighted by Crippen LogP contribution is -2.45. The number of ether oxygens (including phenoxy) is 1. The zero-order valence-corrected chi connectivity index (χ0v) is 14.1. The summed E-state index contributed by atoms with van der Waals surface area (Å²) >= 11 is 0. The van der Waals surface area contributed by atoms with Crippen LogP contribution in [0.4, 0.5) is 5.69 Å². The van der Waals surface area contributed by atoms with E-state index in [0.29, 0.717) is 18.0 Å². The summed E-state index contributed by atoms with van der Waals surface area (Å²) in [5, 5.41) is 11.8. The minimum absolute atomic E-state index is 0.00772. The number of hydrogen-bond donors (Lipinski definition) is 2. The van der Waals surface area contributed by atoms with Gasteiger partial charge in [0.15, 0.2) is 0 Å². The molecule has 1 aliphatic carbocycles. The highest BCUT2D eigenvalue weighted by Crippen LogP contribution is 2.35. The lowest BCUT2D eigenvalue weighted by Gasteiger charge is -2.20. The van der Waals surface area contributed by atoms with Crippen LogP contribution in [0, 0.1) is 11.8 Å². The Morgan fingerprint density at radius 3 is 2.72 bits per heavy atom. The molecule has 0 spiro atoms. The molecule has 7 nitrogen and oxygen atoms in total. The van der Waals surface area contributed by atoms with E-state index in [4.69, 9.17) is 4.74 Å². The summed E-state index contributed by atoms with van der Waals surface area (Å²) in [5.74, 6) is -1.50. The van der Waals surface area contributed by atoms with Crippen molar-refractivity contribution in [3.05, 3.63) is 24.3 Å². The molecule has 0 radical (unpaired) electrons. The third-order valence-corrected chi connectivity index (χ3v) is 4.61. The number of rotatable bonds is 7. The Hall–Kier alpha value is -2.57. The van der Waals surface area contributed by atoms with Crippen molar-refractivity contribution >= 4 is 23.5 Å². The second kappa shape index (κ2) is 7.13. The van der Waals surface area contributed by atoms with Crippen molar-refractivity contribution in [1.82, 2.24) is 5.32 Å². The van der Waals surface area contributed by atoms with Gasteiger partial charge in [0.25, 0.3) is 0 Å². The van der Waals surface area contributed by atoms with E-state index >= 15 is 0 Å². The summed E-state index contributed by atoms with van der Waals surface area (Å²) in [7, 11) is 0. The van der Waals surface area contributed by atoms with E-state index in [-0.39, 0.29) is 30.7 Å². The summed E-state index contributed by atoms with van der Waals surface area (Å²) in [4.78, 5) is 37.7. The first kappa shape index (κ1) is 17.3. The van der Waals surface area contributed by atoms with Crippen LogP contribution in [0.15, 0.2) is 24.3 Å². The number of aliphatic carboxylic acids is 1. The lowest BCUT2D eigenvalue weighted by molar-refractivity contribution is -0.143. The molecule has 2 amide bonds. The molecule has 7 heteroatoms. The Labute approximate surface area is 146 Å². The monoisotopic (exact) mass is 346 g/mol. The molecule has 3 rings (SSSR count). The molecule has 2 N–H and O–H groups in total. The molecule has 1 saturated carbocycles. The van der Waals surface area contributed by atoms with Crippen molar-refractivity contribution in [3.63, 3.8) is 0 Å². The first-order valence-corrected chi connectivity index (χ1v) is 8.56. The molecule has 2 atom stereocenters. The Morgan fingerprint density at radius 2 is 2.08 bits per heavy atom. The van der Waals surface area contributed by atoms with E-state index < -0.39 is 17.9 Å². The van der Waals surface area contributed by atoms with Crippen LogP contribution in [-0.2, 0) is 14.4 Å². The van der Waals surface area contributed by atoms with E-state index in [9.17, 15) is 19.5 Å². The van der Waals surface area contributed by atoms with Crippen LogP contribution < -0.4 is 15.0 Å². The Kier molecular flexibility index (Phi) is 4.92. The minimum Gasteiger partial charge on any atom is -0.492 e. The molecule has 2 aliphatic rings. The van der Waals surface area contributed by atoms with Crippen molar-refractivity contribution in [2.45, 2.75) is 32.2 Å². The molecule has 1 aromatic carbocycles. The van der Waals surface area contributed by atoms with Crippen molar-refractivity contribution < 1.29 is 24.2 Å². The standard InChI is InChI=1S/C18H22N2O5/c1-2-25-14-6-4-3-5-13(14)20-10-12(9-15(20)21)17(22)19-16(18(23)24)11-7-8-11/h3-6,11-12,16H,2,7-10H2,1H3,(H,19,22)(H,23,24). The third-order valence-electron chi connectivity index (χ3n) is 4.61. The van der Waals surface area contributed by atoms with Crippen LogP contribution in [0.2, 0.25) is 0 Å². The fraction of sp³-hybridized carbons (Fsp3) is 0.500. The first-order chi connectivity index (χ1) is 12.0. The summed E-state index contributed by atoms with van der Waals surface area (Å²) in [6.45, 7) is 2.57. The number of anilines is 1. The summed E-state index contributed by atoms with van der Waals surface area (Å²) in [5.41, 5.74) is 0.640. The van der Waals surface area contributed by atoms with Gasteiger partial charge in [0, 0.05) is 13.0 Å². The van der Waals surface area contributed by atoms with Gasteiger partial charge >= 0.3 is 5.97 Å². The number of amides is 2. The third kappa shape index (κ3) is 3.75. The molecule has 2 unspecified atom stereocenters. The van der Waals surface area contributed by atoms with Crippen LogP contribution in [0.3, 0.4) is 0 Å². The number of nitrogens with zero attached hydrogens (tertiary/aromatic N) is 1. The van der Waals surface area contributed by atoms with Crippen LogP contribution in [0.25, 0.3) is 0 Å². The maximum Gasteiger partial charge on any atom is 0.326 e. The smallest absolute Gasteiger partial charge is 0.326 e. The fourth-order valence-electron chi connectivity index (χ4n) is 3.16. The van der Waals surface area contributed by atoms with Gasteiger partial charge < -0.3 is 20.1 Å². The molecule has 134 valence electrons. The molecule has 1 aliphatic heterocycles. The van der Waals surface area contributed by atoms with E-state index in [2.05, 4.69) is 5.32 Å². The molecule has 1 heterocycles. The normalized spacial score (nSPS) is 21.1. The zero-order valence-electron chi connectivity index (χ0n) is 14.1. The van der Waals surface area contributed by atoms with Gasteiger partial charge in [-0.3, -0.25) is 9.59 Å². The number of carbonyl (C=O) groups is 3. The summed E-state index contributed by atoms with van der Waals surface area (Å²) in [6.07, 6.45) is 1.70. The average molecular weight is 346 g/mol. The first-order valence-electron chi connectivity index (χ1n) is 8.56. The zero-order chi connectivity index (χ0) is 18.0. The Morgan fingerprint density at radius 1 is 1.36 bits per heavy atom. The number of carboxylic acid groups (broad SMARTS) is 1. The van der Waals surface area contributed by atoms with Gasteiger partial charge in [0.05, 0.1) is 18.2 Å². The predicted molar refractivity (Wildman–Crippen MR) is 90.4 cm³/mol. The highest BCUT2D eigenvalue weighted by atomic mass is 16.5. The average Bonchev–Trinajstić information content (AvgIpc) is 3.35. The molecule has 1 saturated heterocycles. The molecular formula is C18H22N2O5. The molecule has 0 bridgehead atoms. The number of carboxylic acids is 1. The number of para-hydroxylation sites is 2. The summed E-state index contributed by atoms with van der Waals surface area (Å²) in [6, 6.07) is 6.35. The van der Waals surface area contributed by atoms with Gasteiger partial charge in [-0.15, -0.1) is 0 Å². The van der Waals surface area contributed by atoms with Crippen LogP contribution >= 0.6 is 0 Å². The number of hydrogen-bond acceptors (Lipinski definition) is 4. The number of benzene rings is 1. The van der Waals surface area contributed by atoms with Crippen molar-refractivity contribution in [3.8, 4) is 5.75 Å². The van der Waals surface area contributed by atoms with Crippen molar-refractivity contribution in [2.75, 3.05) is 18.1 Å². The quantitative estimate of drug-likeness (QED) is 0.778. The van der Waals surface area contributed by atoms with Crippen molar-refractivity contribution in [2.24, 2.45) is 11.8 Å². The van der Waals surface area contributed by atoms with Crippen LogP contribution in [0.5, 0.6) is 5.75 Å². The second-order valence-corrected chi connectivity index (χ2v) is 6.47. The molecule has 2 fully saturated rings. The molecule has 0 aromatic heterocycles. The van der Waals surface area contributed by atoms with Gasteiger partial charge in [0.1, 0.15) is 11.8 Å². The lowest BCUT2D eigenvalue weighted by atomic mass is 10.1. The SMILES string of the molecule is CCOc1ccccc1N1CC(C(=O)NC(C(=O)O)C2CC2)CC1=O. The molecular weight excluding hydrogens is 324 g/mol. The highest BCUT2D eigenvalue weighted by Gasteiger charge is 2.41. The number of carbonyl (C=O) groups excluding carboxylic acids is 2. The van der Waals surface area contributed by atoms with E-state index in [1.807, 2.05) is 19.1 Å². The second-order valence-electron chi connectivity index (χ2n) is 6.47.